The maximum absolute atomic E-state index is 8.67. The van der Waals surface area contributed by atoms with E-state index in [4.69, 9.17) is 14.6 Å². The first-order valence-corrected chi connectivity index (χ1v) is 6.04. The van der Waals surface area contributed by atoms with E-state index in [-0.39, 0.29) is 12.9 Å². The van der Waals surface area contributed by atoms with Gasteiger partial charge in [-0.15, -0.1) is 0 Å². The van der Waals surface area contributed by atoms with E-state index in [0.717, 1.165) is 30.8 Å². The fraction of sp³-hybridized carbons (Fsp3) is 0.429. The van der Waals surface area contributed by atoms with Gasteiger partial charge in [0.15, 0.2) is 6.29 Å². The van der Waals surface area contributed by atoms with Gasteiger partial charge in [-0.05, 0) is 30.5 Å². The molecule has 0 aliphatic carbocycles. The van der Waals surface area contributed by atoms with E-state index < -0.39 is 0 Å². The molecular weight excluding hydrogens is 216 g/mol. The second-order valence-corrected chi connectivity index (χ2v) is 4.07. The Labute approximate surface area is 102 Å². The molecule has 0 saturated carbocycles. The fourth-order valence-corrected chi connectivity index (χ4v) is 1.80. The Morgan fingerprint density at radius 3 is 2.76 bits per heavy atom. The third-order valence-corrected chi connectivity index (χ3v) is 2.70. The minimum Gasteiger partial charge on any atom is -0.465 e. The van der Waals surface area contributed by atoms with Crippen molar-refractivity contribution in [1.29, 1.82) is 0 Å². The molecule has 1 aromatic carbocycles. The normalized spacial score (nSPS) is 20.6. The highest BCUT2D eigenvalue weighted by Gasteiger charge is 2.14. The van der Waals surface area contributed by atoms with Crippen LogP contribution in [0.1, 0.15) is 24.8 Å². The van der Waals surface area contributed by atoms with Gasteiger partial charge in [0.25, 0.3) is 0 Å². The van der Waals surface area contributed by atoms with Gasteiger partial charge in [-0.25, -0.2) is 0 Å². The van der Waals surface area contributed by atoms with Crippen LogP contribution in [0.25, 0.3) is 6.08 Å². The quantitative estimate of drug-likeness (QED) is 0.870. The van der Waals surface area contributed by atoms with Crippen molar-refractivity contribution < 1.29 is 14.6 Å². The molecule has 1 heterocycles. The predicted octanol–water partition coefficient (Wildman–Crippen LogP) is 2.60. The van der Waals surface area contributed by atoms with Crippen LogP contribution in [0.4, 0.5) is 0 Å². The standard InChI is InChI=1S/C14H18O3/c15-10-3-4-12-6-8-13(9-7-12)17-14-5-1-2-11-16-14/h3-4,6-9,14-15H,1-2,5,10-11H2. The zero-order chi connectivity index (χ0) is 11.9. The van der Waals surface area contributed by atoms with E-state index in [1.165, 1.54) is 6.42 Å². The van der Waals surface area contributed by atoms with Gasteiger partial charge in [0.1, 0.15) is 5.75 Å². The average Bonchev–Trinajstić information content (AvgIpc) is 2.39. The lowest BCUT2D eigenvalue weighted by Gasteiger charge is -2.23. The summed E-state index contributed by atoms with van der Waals surface area (Å²) in [4.78, 5) is 0. The first-order chi connectivity index (χ1) is 8.38. The average molecular weight is 234 g/mol. The molecule has 0 radical (unpaired) electrons. The van der Waals surface area contributed by atoms with E-state index in [1.807, 2.05) is 30.3 Å². The number of benzene rings is 1. The lowest BCUT2D eigenvalue weighted by Crippen LogP contribution is -2.24. The highest BCUT2D eigenvalue weighted by molar-refractivity contribution is 5.50. The molecule has 1 aromatic rings. The largest absolute Gasteiger partial charge is 0.465 e. The highest BCUT2D eigenvalue weighted by atomic mass is 16.7. The molecule has 92 valence electrons. The summed E-state index contributed by atoms with van der Waals surface area (Å²) in [5, 5.41) is 8.67. The molecule has 0 aromatic heterocycles. The molecule has 1 unspecified atom stereocenters. The summed E-state index contributed by atoms with van der Waals surface area (Å²) < 4.78 is 11.2. The number of aliphatic hydroxyl groups excluding tert-OH is 1. The number of hydrogen-bond donors (Lipinski definition) is 1. The van der Waals surface area contributed by atoms with Gasteiger partial charge in [0.2, 0.25) is 0 Å². The van der Waals surface area contributed by atoms with Crippen LogP contribution in [0, 0.1) is 0 Å². The lowest BCUT2D eigenvalue weighted by molar-refractivity contribution is -0.105. The van der Waals surface area contributed by atoms with Gasteiger partial charge in [-0.3, -0.25) is 0 Å². The van der Waals surface area contributed by atoms with E-state index in [2.05, 4.69) is 0 Å². The van der Waals surface area contributed by atoms with Gasteiger partial charge in [0.05, 0.1) is 13.2 Å². The Morgan fingerprint density at radius 1 is 1.29 bits per heavy atom. The molecule has 0 bridgehead atoms. The van der Waals surface area contributed by atoms with Gasteiger partial charge >= 0.3 is 0 Å². The molecule has 2 rings (SSSR count). The second kappa shape index (κ2) is 6.42. The topological polar surface area (TPSA) is 38.7 Å². The third-order valence-electron chi connectivity index (χ3n) is 2.70. The molecule has 1 aliphatic heterocycles. The van der Waals surface area contributed by atoms with Crippen molar-refractivity contribution in [3.05, 3.63) is 35.9 Å². The lowest BCUT2D eigenvalue weighted by atomic mass is 10.2. The van der Waals surface area contributed by atoms with Gasteiger partial charge in [-0.2, -0.15) is 0 Å². The first-order valence-electron chi connectivity index (χ1n) is 6.04. The second-order valence-electron chi connectivity index (χ2n) is 4.07. The van der Waals surface area contributed by atoms with E-state index in [0.29, 0.717) is 0 Å². The zero-order valence-corrected chi connectivity index (χ0v) is 9.84. The number of aliphatic hydroxyl groups is 1. The zero-order valence-electron chi connectivity index (χ0n) is 9.84. The van der Waals surface area contributed by atoms with E-state index in [1.54, 1.807) is 6.08 Å². The Kier molecular flexibility index (Phi) is 4.59. The fourth-order valence-electron chi connectivity index (χ4n) is 1.80. The summed E-state index contributed by atoms with van der Waals surface area (Å²) in [6.07, 6.45) is 6.75. The van der Waals surface area contributed by atoms with E-state index in [9.17, 15) is 0 Å². The molecule has 1 saturated heterocycles. The molecule has 0 amide bonds. The van der Waals surface area contributed by atoms with Crippen molar-refractivity contribution in [2.45, 2.75) is 25.6 Å². The Morgan fingerprint density at radius 2 is 2.12 bits per heavy atom. The highest BCUT2D eigenvalue weighted by Crippen LogP contribution is 2.19. The smallest absolute Gasteiger partial charge is 0.199 e. The summed E-state index contributed by atoms with van der Waals surface area (Å²) >= 11 is 0. The molecule has 1 aliphatic rings. The van der Waals surface area contributed by atoms with Crippen molar-refractivity contribution in [3.8, 4) is 5.75 Å². The summed E-state index contributed by atoms with van der Waals surface area (Å²) in [5.41, 5.74) is 1.05. The molecule has 3 nitrogen and oxygen atoms in total. The SMILES string of the molecule is OCC=Cc1ccc(OC2CCCCO2)cc1. The van der Waals surface area contributed by atoms with Gasteiger partial charge in [-0.1, -0.05) is 24.3 Å². The number of rotatable bonds is 4. The first kappa shape index (κ1) is 12.1. The molecule has 1 fully saturated rings. The number of hydrogen-bond acceptors (Lipinski definition) is 3. The van der Waals surface area contributed by atoms with Crippen molar-refractivity contribution in [3.63, 3.8) is 0 Å². The summed E-state index contributed by atoms with van der Waals surface area (Å²) in [6.45, 7) is 0.857. The van der Waals surface area contributed by atoms with Crippen LogP contribution in [-0.2, 0) is 4.74 Å². The third kappa shape index (κ3) is 3.88. The molecular formula is C14H18O3. The van der Waals surface area contributed by atoms with Gasteiger partial charge < -0.3 is 14.6 Å². The van der Waals surface area contributed by atoms with Gasteiger partial charge in [0, 0.05) is 6.42 Å². The summed E-state index contributed by atoms with van der Waals surface area (Å²) in [7, 11) is 0. The minimum atomic E-state index is -0.0948. The monoisotopic (exact) mass is 234 g/mol. The van der Waals surface area contributed by atoms with Crippen LogP contribution in [0.5, 0.6) is 5.75 Å². The summed E-state index contributed by atoms with van der Waals surface area (Å²) in [5.74, 6) is 0.832. The molecule has 1 N–H and O–H groups in total. The van der Waals surface area contributed by atoms with Crippen LogP contribution in [0.3, 0.4) is 0 Å². The molecule has 1 atom stereocenters. The van der Waals surface area contributed by atoms with Crippen molar-refractivity contribution in [1.82, 2.24) is 0 Å². The maximum Gasteiger partial charge on any atom is 0.199 e. The predicted molar refractivity (Wildman–Crippen MR) is 66.8 cm³/mol. The van der Waals surface area contributed by atoms with Crippen LogP contribution in [-0.4, -0.2) is 24.6 Å². The van der Waals surface area contributed by atoms with Crippen molar-refractivity contribution in [2.75, 3.05) is 13.2 Å². The Bertz CT molecular complexity index is 350. The Balaban J connectivity index is 1.90. The van der Waals surface area contributed by atoms with Crippen LogP contribution >= 0.6 is 0 Å². The Hall–Kier alpha value is -1.32. The molecule has 0 spiro atoms. The maximum atomic E-state index is 8.67. The van der Waals surface area contributed by atoms with Crippen LogP contribution in [0.2, 0.25) is 0 Å². The molecule has 3 heteroatoms. The van der Waals surface area contributed by atoms with Crippen molar-refractivity contribution >= 4 is 6.08 Å². The van der Waals surface area contributed by atoms with Crippen LogP contribution in [0.15, 0.2) is 30.3 Å². The molecule has 17 heavy (non-hydrogen) atoms. The summed E-state index contributed by atoms with van der Waals surface area (Å²) in [6, 6.07) is 7.78. The van der Waals surface area contributed by atoms with Crippen molar-refractivity contribution in [2.24, 2.45) is 0 Å². The number of ether oxygens (including phenoxy) is 2. The minimum absolute atomic E-state index is 0.0637. The van der Waals surface area contributed by atoms with E-state index >= 15 is 0 Å². The van der Waals surface area contributed by atoms with Crippen LogP contribution < -0.4 is 4.74 Å².